The number of hydrogen-bond acceptors (Lipinski definition) is 4. The largest absolute Gasteiger partial charge is 0.465 e. The highest BCUT2D eigenvalue weighted by Crippen LogP contribution is 2.39. The first-order valence-electron chi connectivity index (χ1n) is 13.3. The second-order valence-corrected chi connectivity index (χ2v) is 10.2. The number of nitrogens with one attached hydrogen (secondary N) is 1. The molecule has 2 bridgehead atoms. The predicted octanol–water partition coefficient (Wildman–Crippen LogP) is 5.71. The average molecular weight is 512 g/mol. The second kappa shape index (κ2) is 11.6. The Morgan fingerprint density at radius 3 is 2.37 bits per heavy atom. The van der Waals surface area contributed by atoms with E-state index in [9.17, 15) is 19.5 Å². The van der Waals surface area contributed by atoms with E-state index in [1.807, 2.05) is 48.5 Å². The van der Waals surface area contributed by atoms with Crippen molar-refractivity contribution in [2.75, 3.05) is 29.9 Å². The molecule has 3 saturated heterocycles. The summed E-state index contributed by atoms with van der Waals surface area (Å²) in [6.07, 6.45) is 3.54. The summed E-state index contributed by atoms with van der Waals surface area (Å²) in [5, 5.41) is 13.3. The van der Waals surface area contributed by atoms with Crippen LogP contribution in [0.25, 0.3) is 11.1 Å². The van der Waals surface area contributed by atoms with Gasteiger partial charge < -0.3 is 15.3 Å². The summed E-state index contributed by atoms with van der Waals surface area (Å²) in [4.78, 5) is 40.0. The number of aryl methyl sites for hydroxylation is 1. The molecule has 2 N–H and O–H groups in total. The summed E-state index contributed by atoms with van der Waals surface area (Å²) in [6.45, 7) is 2.86. The van der Waals surface area contributed by atoms with Gasteiger partial charge in [0.2, 0.25) is 5.91 Å². The van der Waals surface area contributed by atoms with Crippen molar-refractivity contribution in [1.82, 2.24) is 4.90 Å². The van der Waals surface area contributed by atoms with E-state index in [0.717, 1.165) is 61.1 Å². The molecule has 7 heteroatoms. The first-order chi connectivity index (χ1) is 18.5. The molecule has 196 valence electrons. The molecular formula is C31H33N3O4. The number of benzene rings is 3. The second-order valence-electron chi connectivity index (χ2n) is 10.2. The Balaban J connectivity index is 1.34. The van der Waals surface area contributed by atoms with E-state index in [-0.39, 0.29) is 11.9 Å². The Morgan fingerprint density at radius 2 is 1.74 bits per heavy atom. The number of piperidine rings is 3. The Kier molecular flexibility index (Phi) is 7.84. The molecule has 0 unspecified atom stereocenters. The number of carbonyl (C=O) groups excluding carboxylic acids is 2. The van der Waals surface area contributed by atoms with Crippen LogP contribution in [0.15, 0.2) is 72.8 Å². The fourth-order valence-corrected chi connectivity index (χ4v) is 5.77. The summed E-state index contributed by atoms with van der Waals surface area (Å²) >= 11 is 0. The Morgan fingerprint density at radius 1 is 1.00 bits per heavy atom. The predicted molar refractivity (Wildman–Crippen MR) is 149 cm³/mol. The van der Waals surface area contributed by atoms with Crippen LogP contribution < -0.4 is 10.2 Å². The molecule has 0 radical (unpaired) electrons. The van der Waals surface area contributed by atoms with Crippen molar-refractivity contribution in [2.24, 2.45) is 5.92 Å². The molecule has 0 aliphatic carbocycles. The molecule has 38 heavy (non-hydrogen) atoms. The van der Waals surface area contributed by atoms with E-state index in [2.05, 4.69) is 10.2 Å². The summed E-state index contributed by atoms with van der Waals surface area (Å²) in [5.41, 5.74) is 4.84. The number of fused-ring (bicyclic) bond motifs is 3. The number of rotatable bonds is 9. The lowest BCUT2D eigenvalue weighted by Gasteiger charge is -2.48. The topological polar surface area (TPSA) is 90.0 Å². The van der Waals surface area contributed by atoms with E-state index < -0.39 is 6.09 Å². The monoisotopic (exact) mass is 511 g/mol. The van der Waals surface area contributed by atoms with Gasteiger partial charge in [-0.2, -0.15) is 0 Å². The van der Waals surface area contributed by atoms with E-state index in [4.69, 9.17) is 0 Å². The molecule has 2 amide bonds. The van der Waals surface area contributed by atoms with Crippen molar-refractivity contribution in [3.8, 4) is 11.1 Å². The van der Waals surface area contributed by atoms with Crippen molar-refractivity contribution >= 4 is 29.7 Å². The third kappa shape index (κ3) is 5.78. The van der Waals surface area contributed by atoms with Crippen molar-refractivity contribution < 1.29 is 19.5 Å². The first-order valence-corrected chi connectivity index (χ1v) is 13.3. The Labute approximate surface area is 223 Å². The fraction of sp³-hybridized carbons (Fsp3) is 0.323. The molecule has 0 spiro atoms. The maximum atomic E-state index is 12.7. The van der Waals surface area contributed by atoms with Gasteiger partial charge in [0.25, 0.3) is 0 Å². The lowest BCUT2D eigenvalue weighted by Crippen LogP contribution is -2.59. The molecule has 3 fully saturated rings. The average Bonchev–Trinajstić information content (AvgIpc) is 2.95. The molecule has 1 atom stereocenters. The van der Waals surface area contributed by atoms with E-state index in [1.54, 1.807) is 29.2 Å². The maximum Gasteiger partial charge on any atom is 0.412 e. The smallest absolute Gasteiger partial charge is 0.412 e. The summed E-state index contributed by atoms with van der Waals surface area (Å²) in [5.74, 6) is 0.275. The highest BCUT2D eigenvalue weighted by molar-refractivity contribution is 5.94. The van der Waals surface area contributed by atoms with Gasteiger partial charge in [-0.25, -0.2) is 4.79 Å². The summed E-state index contributed by atoms with van der Waals surface area (Å²) in [6, 6.07) is 22.7. The van der Waals surface area contributed by atoms with Crippen LogP contribution in [0.5, 0.6) is 0 Å². The van der Waals surface area contributed by atoms with Gasteiger partial charge >= 0.3 is 6.09 Å². The fourth-order valence-electron chi connectivity index (χ4n) is 5.77. The molecule has 0 saturated carbocycles. The van der Waals surface area contributed by atoms with Gasteiger partial charge in [0.1, 0.15) is 6.29 Å². The highest BCUT2D eigenvalue weighted by Gasteiger charge is 2.40. The van der Waals surface area contributed by atoms with E-state index in [0.29, 0.717) is 36.4 Å². The lowest BCUT2D eigenvalue weighted by atomic mass is 9.82. The van der Waals surface area contributed by atoms with Crippen molar-refractivity contribution in [2.45, 2.75) is 38.1 Å². The molecule has 7 nitrogen and oxygen atoms in total. The van der Waals surface area contributed by atoms with Crippen molar-refractivity contribution in [1.29, 1.82) is 0 Å². The normalized spacial score (nSPS) is 20.1. The number of anilines is 2. The Hall–Kier alpha value is -3.97. The third-order valence-electron chi connectivity index (χ3n) is 7.77. The van der Waals surface area contributed by atoms with Crippen LogP contribution in [-0.2, 0) is 11.2 Å². The molecule has 3 aliphatic heterocycles. The number of nitrogens with zero attached hydrogens (tertiary/aromatic N) is 2. The van der Waals surface area contributed by atoms with Crippen molar-refractivity contribution in [3.05, 3.63) is 83.9 Å². The molecular weight excluding hydrogens is 478 g/mol. The van der Waals surface area contributed by atoms with Gasteiger partial charge in [-0.05, 0) is 86.1 Å². The maximum absolute atomic E-state index is 12.7. The van der Waals surface area contributed by atoms with E-state index in [1.165, 1.54) is 0 Å². The Bertz CT molecular complexity index is 1280. The van der Waals surface area contributed by atoms with Crippen LogP contribution in [0.2, 0.25) is 0 Å². The van der Waals surface area contributed by atoms with Crippen LogP contribution in [0.1, 0.15) is 41.6 Å². The molecule has 3 aromatic carbocycles. The number of amides is 2. The van der Waals surface area contributed by atoms with Gasteiger partial charge in [-0.15, -0.1) is 0 Å². The molecule has 6 rings (SSSR count). The van der Waals surface area contributed by atoms with Gasteiger partial charge in [-0.1, -0.05) is 42.5 Å². The molecule has 3 aliphatic rings. The van der Waals surface area contributed by atoms with Crippen LogP contribution in [0, 0.1) is 5.92 Å². The number of carbonyl (C=O) groups is 3. The van der Waals surface area contributed by atoms with Gasteiger partial charge in [0, 0.05) is 29.8 Å². The minimum absolute atomic E-state index is 0.0657. The number of carboxylic acid groups (broad SMARTS) is 1. The minimum atomic E-state index is -0.918. The van der Waals surface area contributed by atoms with Crippen LogP contribution >= 0.6 is 0 Å². The number of aldehydes is 1. The van der Waals surface area contributed by atoms with Crippen LogP contribution in [0.4, 0.5) is 16.2 Å². The first kappa shape index (κ1) is 25.7. The van der Waals surface area contributed by atoms with Crippen molar-refractivity contribution in [3.63, 3.8) is 0 Å². The minimum Gasteiger partial charge on any atom is -0.465 e. The summed E-state index contributed by atoms with van der Waals surface area (Å²) < 4.78 is 0. The highest BCUT2D eigenvalue weighted by atomic mass is 16.4. The molecule has 0 aromatic heterocycles. The summed E-state index contributed by atoms with van der Waals surface area (Å²) in [7, 11) is 0. The SMILES string of the molecule is O=Cc1ccc(NC(=O)CCCc2ccc(-c3ccccc3)c(N(C(=O)O)[C@H]3CN4CCC3CC4)c2)cc1. The lowest BCUT2D eigenvalue weighted by molar-refractivity contribution is -0.116. The zero-order chi connectivity index (χ0) is 26.5. The van der Waals surface area contributed by atoms with Gasteiger partial charge in [0.15, 0.2) is 0 Å². The molecule has 3 heterocycles. The quantitative estimate of drug-likeness (QED) is 0.360. The van der Waals surface area contributed by atoms with E-state index >= 15 is 0 Å². The number of hydrogen-bond donors (Lipinski definition) is 2. The van der Waals surface area contributed by atoms with Gasteiger partial charge in [-0.3, -0.25) is 14.5 Å². The zero-order valence-electron chi connectivity index (χ0n) is 21.4. The standard InChI is InChI=1S/C31H33N3O4/c35-21-23-9-12-26(13-10-23)32-30(36)8-4-5-22-11-14-27(24-6-2-1-3-7-24)28(19-22)34(31(37)38)29-20-33-17-15-25(29)16-18-33/h1-3,6-7,9-14,19,21,25,29H,4-5,8,15-18,20H2,(H,32,36)(H,37,38)/t29-/m0/s1. The zero-order valence-corrected chi connectivity index (χ0v) is 21.4. The molecule has 3 aromatic rings. The third-order valence-corrected chi connectivity index (χ3v) is 7.77. The van der Waals surface area contributed by atoms with Gasteiger partial charge in [0.05, 0.1) is 11.7 Å². The van der Waals surface area contributed by atoms with Crippen LogP contribution in [0.3, 0.4) is 0 Å². The van der Waals surface area contributed by atoms with Crippen LogP contribution in [-0.4, -0.2) is 54.0 Å².